The van der Waals surface area contributed by atoms with Crippen LogP contribution < -0.4 is 5.73 Å². The van der Waals surface area contributed by atoms with E-state index in [0.717, 1.165) is 27.8 Å². The van der Waals surface area contributed by atoms with Gasteiger partial charge in [-0.15, -0.1) is 0 Å². The second-order valence-electron chi connectivity index (χ2n) is 6.21. The van der Waals surface area contributed by atoms with Crippen molar-refractivity contribution in [2.24, 2.45) is 5.73 Å². The number of carbonyl (C=O) groups is 1. The van der Waals surface area contributed by atoms with Gasteiger partial charge in [-0.3, -0.25) is 4.79 Å². The molecule has 0 aliphatic heterocycles. The van der Waals surface area contributed by atoms with E-state index in [2.05, 4.69) is 37.3 Å². The third-order valence-electron chi connectivity index (χ3n) is 4.25. The Morgan fingerprint density at radius 2 is 1.64 bits per heavy atom. The Hall–Kier alpha value is -2.94. The molecule has 126 valence electrons. The molecule has 0 fully saturated rings. The first-order valence-corrected chi connectivity index (χ1v) is 8.27. The fraction of sp³-hybridized carbons (Fsp3) is 0.136. The van der Waals surface area contributed by atoms with Gasteiger partial charge >= 0.3 is 0 Å². The number of rotatable bonds is 5. The molecule has 0 saturated heterocycles. The summed E-state index contributed by atoms with van der Waals surface area (Å²) in [6.07, 6.45) is 0.874. The van der Waals surface area contributed by atoms with Crippen LogP contribution in [0.2, 0.25) is 0 Å². The molecule has 0 aromatic heterocycles. The largest absolute Gasteiger partial charge is 0.370 e. The van der Waals surface area contributed by atoms with Crippen molar-refractivity contribution in [2.75, 3.05) is 0 Å². The number of halogens is 1. The summed E-state index contributed by atoms with van der Waals surface area (Å²) >= 11 is 0. The summed E-state index contributed by atoms with van der Waals surface area (Å²) in [6.45, 7) is 2.06. The monoisotopic (exact) mass is 333 g/mol. The van der Waals surface area contributed by atoms with Gasteiger partial charge in [-0.05, 0) is 53.3 Å². The topological polar surface area (TPSA) is 43.1 Å². The van der Waals surface area contributed by atoms with Gasteiger partial charge in [-0.25, -0.2) is 4.39 Å². The van der Waals surface area contributed by atoms with Crippen LogP contribution in [0.1, 0.15) is 17.5 Å². The van der Waals surface area contributed by atoms with E-state index >= 15 is 0 Å². The normalized spacial score (nSPS) is 10.6. The van der Waals surface area contributed by atoms with Crippen LogP contribution in [0.15, 0.2) is 66.7 Å². The second kappa shape index (κ2) is 7.31. The minimum absolute atomic E-state index is 0.255. The summed E-state index contributed by atoms with van der Waals surface area (Å²) < 4.78 is 13.2. The van der Waals surface area contributed by atoms with E-state index in [0.29, 0.717) is 12.8 Å². The van der Waals surface area contributed by atoms with Crippen LogP contribution in [0.4, 0.5) is 4.39 Å². The molecule has 0 heterocycles. The van der Waals surface area contributed by atoms with Crippen molar-refractivity contribution in [3.8, 4) is 22.3 Å². The number of benzene rings is 3. The van der Waals surface area contributed by atoms with E-state index in [9.17, 15) is 9.18 Å². The Morgan fingerprint density at radius 1 is 0.920 bits per heavy atom. The molecule has 0 aliphatic rings. The second-order valence-corrected chi connectivity index (χ2v) is 6.21. The number of hydrogen-bond donors (Lipinski definition) is 1. The summed E-state index contributed by atoms with van der Waals surface area (Å²) in [4.78, 5) is 11.2. The molecule has 0 spiro atoms. The first-order valence-electron chi connectivity index (χ1n) is 8.27. The van der Waals surface area contributed by atoms with Crippen LogP contribution in [0.25, 0.3) is 22.3 Å². The van der Waals surface area contributed by atoms with Gasteiger partial charge in [-0.2, -0.15) is 0 Å². The van der Waals surface area contributed by atoms with Crippen molar-refractivity contribution in [1.29, 1.82) is 0 Å². The van der Waals surface area contributed by atoms with E-state index < -0.39 is 0 Å². The zero-order valence-electron chi connectivity index (χ0n) is 14.1. The molecule has 3 heteroatoms. The summed E-state index contributed by atoms with van der Waals surface area (Å²) in [5, 5.41) is 0. The molecule has 2 N–H and O–H groups in total. The van der Waals surface area contributed by atoms with Gasteiger partial charge in [0, 0.05) is 6.42 Å². The molecule has 0 atom stereocenters. The number of hydrogen-bond acceptors (Lipinski definition) is 1. The number of aryl methyl sites for hydroxylation is 2. The van der Waals surface area contributed by atoms with Gasteiger partial charge < -0.3 is 5.73 Å². The summed E-state index contributed by atoms with van der Waals surface area (Å²) in [6, 6.07) is 20.8. The van der Waals surface area contributed by atoms with Crippen molar-refractivity contribution in [3.63, 3.8) is 0 Å². The highest BCUT2D eigenvalue weighted by atomic mass is 19.1. The highest BCUT2D eigenvalue weighted by Gasteiger charge is 2.09. The molecule has 0 unspecified atom stereocenters. The van der Waals surface area contributed by atoms with Crippen LogP contribution in [0.3, 0.4) is 0 Å². The molecular weight excluding hydrogens is 313 g/mol. The number of nitrogens with two attached hydrogens (primary N) is 1. The first-order chi connectivity index (χ1) is 12.0. The Morgan fingerprint density at radius 3 is 2.32 bits per heavy atom. The maximum absolute atomic E-state index is 13.2. The molecule has 0 radical (unpaired) electrons. The first kappa shape index (κ1) is 16.9. The van der Waals surface area contributed by atoms with Crippen LogP contribution in [0.5, 0.6) is 0 Å². The lowest BCUT2D eigenvalue weighted by atomic mass is 9.92. The lowest BCUT2D eigenvalue weighted by Crippen LogP contribution is -2.11. The van der Waals surface area contributed by atoms with Gasteiger partial charge in [0.15, 0.2) is 0 Å². The molecular formula is C22H20FNO. The summed E-state index contributed by atoms with van der Waals surface area (Å²) in [5.74, 6) is -0.573. The molecule has 25 heavy (non-hydrogen) atoms. The smallest absolute Gasteiger partial charge is 0.217 e. The Balaban J connectivity index is 2.05. The molecule has 3 aromatic carbocycles. The molecule has 0 saturated carbocycles. The maximum Gasteiger partial charge on any atom is 0.217 e. The highest BCUT2D eigenvalue weighted by Crippen LogP contribution is 2.30. The number of amides is 1. The quantitative estimate of drug-likeness (QED) is 0.710. The van der Waals surface area contributed by atoms with Crippen molar-refractivity contribution in [2.45, 2.75) is 19.8 Å². The number of carbonyl (C=O) groups excluding carboxylic acids is 1. The highest BCUT2D eigenvalue weighted by molar-refractivity contribution is 5.77. The van der Waals surface area contributed by atoms with E-state index in [-0.39, 0.29) is 11.7 Å². The zero-order valence-corrected chi connectivity index (χ0v) is 14.1. The predicted octanol–water partition coefficient (Wildman–Crippen LogP) is 4.89. The average Bonchev–Trinajstić information content (AvgIpc) is 2.60. The lowest BCUT2D eigenvalue weighted by Gasteiger charge is -2.13. The third kappa shape index (κ3) is 4.13. The summed E-state index contributed by atoms with van der Waals surface area (Å²) in [7, 11) is 0. The molecule has 0 aliphatic carbocycles. The Bertz CT molecular complexity index is 900. The zero-order chi connectivity index (χ0) is 17.8. The van der Waals surface area contributed by atoms with E-state index in [1.807, 2.05) is 12.1 Å². The van der Waals surface area contributed by atoms with Crippen LogP contribution in [-0.2, 0) is 11.2 Å². The number of primary amides is 1. The Kier molecular flexibility index (Phi) is 4.94. The lowest BCUT2D eigenvalue weighted by molar-refractivity contribution is -0.117. The van der Waals surface area contributed by atoms with Gasteiger partial charge in [0.25, 0.3) is 0 Å². The minimum Gasteiger partial charge on any atom is -0.370 e. The maximum atomic E-state index is 13.2. The van der Waals surface area contributed by atoms with Crippen molar-refractivity contribution in [3.05, 3.63) is 83.7 Å². The molecule has 1 amide bonds. The van der Waals surface area contributed by atoms with Crippen molar-refractivity contribution in [1.82, 2.24) is 0 Å². The van der Waals surface area contributed by atoms with Gasteiger partial charge in [0.1, 0.15) is 5.82 Å². The van der Waals surface area contributed by atoms with E-state index in [4.69, 9.17) is 5.73 Å². The van der Waals surface area contributed by atoms with Gasteiger partial charge in [0.05, 0.1) is 0 Å². The van der Waals surface area contributed by atoms with Crippen LogP contribution >= 0.6 is 0 Å². The standard InChI is InChI=1S/C22H20FNO/c1-15-3-2-4-18(13-15)21-11-7-17(14-19(21)8-12-22(24)25)16-5-9-20(23)10-6-16/h2-7,9-11,13-14H,8,12H2,1H3,(H2,24,25). The van der Waals surface area contributed by atoms with Crippen molar-refractivity contribution < 1.29 is 9.18 Å². The SMILES string of the molecule is Cc1cccc(-c2ccc(-c3ccc(F)cc3)cc2CCC(N)=O)c1. The van der Waals surface area contributed by atoms with Crippen LogP contribution in [-0.4, -0.2) is 5.91 Å². The fourth-order valence-corrected chi connectivity index (χ4v) is 2.97. The van der Waals surface area contributed by atoms with E-state index in [1.165, 1.54) is 17.7 Å². The minimum atomic E-state index is -0.317. The fourth-order valence-electron chi connectivity index (χ4n) is 2.97. The molecule has 2 nitrogen and oxygen atoms in total. The molecule has 0 bridgehead atoms. The van der Waals surface area contributed by atoms with Crippen molar-refractivity contribution >= 4 is 5.91 Å². The summed E-state index contributed by atoms with van der Waals surface area (Å²) in [5.41, 5.74) is 11.7. The molecule has 3 aromatic rings. The van der Waals surface area contributed by atoms with Crippen LogP contribution in [0, 0.1) is 12.7 Å². The average molecular weight is 333 g/mol. The van der Waals surface area contributed by atoms with Gasteiger partial charge in [0.2, 0.25) is 5.91 Å². The predicted molar refractivity (Wildman–Crippen MR) is 99.5 cm³/mol. The van der Waals surface area contributed by atoms with E-state index in [1.54, 1.807) is 12.1 Å². The third-order valence-corrected chi connectivity index (χ3v) is 4.25. The Labute approximate surface area is 147 Å². The van der Waals surface area contributed by atoms with Gasteiger partial charge in [-0.1, -0.05) is 60.2 Å². The molecule has 3 rings (SSSR count).